The molecule has 0 fully saturated rings. The minimum atomic E-state index is -4.78. The highest BCUT2D eigenvalue weighted by Crippen LogP contribution is 2.35. The van der Waals surface area contributed by atoms with Gasteiger partial charge in [0.15, 0.2) is 0 Å². The van der Waals surface area contributed by atoms with Crippen LogP contribution < -0.4 is 10.0 Å². The smallest absolute Gasteiger partial charge is 0.326 e. The first kappa shape index (κ1) is 22.5. The number of anilines is 1. The van der Waals surface area contributed by atoms with Crippen LogP contribution in [0.1, 0.15) is 12.0 Å². The maximum absolute atomic E-state index is 12.9. The zero-order valence-electron chi connectivity index (χ0n) is 14.5. The molecule has 0 heterocycles. The normalized spacial score (nSPS) is 12.0. The molecule has 0 aliphatic rings. The average molecular weight is 453 g/mol. The summed E-state index contributed by atoms with van der Waals surface area (Å²) in [6.07, 6.45) is -3.06. The van der Waals surface area contributed by atoms with Crippen molar-refractivity contribution >= 4 is 45.0 Å². The third-order valence-corrected chi connectivity index (χ3v) is 6.10. The number of nitrogens with one attached hydrogen (secondary N) is 2. The van der Waals surface area contributed by atoms with Crippen molar-refractivity contribution in [2.45, 2.75) is 22.4 Å². The number of amides is 1. The Hall–Kier alpha value is -1.75. The molecule has 0 unspecified atom stereocenters. The highest BCUT2D eigenvalue weighted by molar-refractivity contribution is 7.98. The van der Waals surface area contributed by atoms with Gasteiger partial charge in [-0.1, -0.05) is 11.6 Å². The second-order valence-corrected chi connectivity index (χ2v) is 8.62. The number of benzene rings is 2. The van der Waals surface area contributed by atoms with E-state index in [0.29, 0.717) is 11.8 Å². The van der Waals surface area contributed by atoms with Gasteiger partial charge in [-0.25, -0.2) is 13.1 Å². The minimum absolute atomic E-state index is 0.191. The number of hydrogen-bond acceptors (Lipinski definition) is 4. The molecule has 5 nitrogen and oxygen atoms in total. The highest BCUT2D eigenvalue weighted by Gasteiger charge is 2.34. The summed E-state index contributed by atoms with van der Waals surface area (Å²) < 4.78 is 65.1. The molecular formula is C17H16ClF3N2O3S2. The summed E-state index contributed by atoms with van der Waals surface area (Å²) in [6, 6.07) is 9.35. The largest absolute Gasteiger partial charge is 0.417 e. The molecule has 152 valence electrons. The summed E-state index contributed by atoms with van der Waals surface area (Å²) in [7, 11) is -4.23. The van der Waals surface area contributed by atoms with Crippen molar-refractivity contribution in [1.82, 2.24) is 4.72 Å². The number of carbonyl (C=O) groups is 1. The van der Waals surface area contributed by atoms with E-state index in [0.717, 1.165) is 17.0 Å². The summed E-state index contributed by atoms with van der Waals surface area (Å²) in [5.41, 5.74) is -0.693. The van der Waals surface area contributed by atoms with E-state index in [9.17, 15) is 26.4 Å². The lowest BCUT2D eigenvalue weighted by Crippen LogP contribution is -2.28. The fraction of sp³-hybridized carbons (Fsp3) is 0.235. The molecule has 11 heteroatoms. The number of hydrogen-bond donors (Lipinski definition) is 2. The average Bonchev–Trinajstić information content (AvgIpc) is 2.61. The molecule has 0 aromatic heterocycles. The SMILES string of the molecule is CSc1ccc(NC(=O)CCNS(=O)(=O)c2ccc(Cl)c(C(F)(F)F)c2)cc1. The fourth-order valence-electron chi connectivity index (χ4n) is 2.17. The molecule has 1 amide bonds. The Morgan fingerprint density at radius 3 is 2.36 bits per heavy atom. The Labute approximate surface area is 169 Å². The fourth-order valence-corrected chi connectivity index (χ4v) is 3.86. The molecule has 0 saturated carbocycles. The standard InChI is InChI=1S/C17H16ClF3N2O3S2/c1-27-12-4-2-11(3-5-12)23-16(24)8-9-22-28(25,26)13-6-7-15(18)14(10-13)17(19,20)21/h2-7,10,22H,8-9H2,1H3,(H,23,24). The van der Waals surface area contributed by atoms with Crippen LogP contribution in [0.15, 0.2) is 52.3 Å². The maximum atomic E-state index is 12.9. The molecule has 0 aliphatic carbocycles. The number of thioether (sulfide) groups is 1. The molecule has 0 radical (unpaired) electrons. The number of sulfonamides is 1. The molecule has 0 aliphatic heterocycles. The van der Waals surface area contributed by atoms with E-state index in [1.54, 1.807) is 23.9 Å². The zero-order chi connectivity index (χ0) is 20.9. The Morgan fingerprint density at radius 1 is 1.14 bits per heavy atom. The molecule has 2 aromatic carbocycles. The molecular weight excluding hydrogens is 437 g/mol. The Balaban J connectivity index is 1.96. The van der Waals surface area contributed by atoms with Crippen molar-refractivity contribution in [1.29, 1.82) is 0 Å². The first-order valence-corrected chi connectivity index (χ1v) is 10.9. The van der Waals surface area contributed by atoms with Crippen LogP contribution >= 0.6 is 23.4 Å². The van der Waals surface area contributed by atoms with Crippen LogP contribution in [0.25, 0.3) is 0 Å². The minimum Gasteiger partial charge on any atom is -0.326 e. The molecule has 2 aromatic rings. The Bertz CT molecular complexity index is 949. The van der Waals surface area contributed by atoms with Crippen molar-refractivity contribution in [2.75, 3.05) is 18.1 Å². The first-order valence-electron chi connectivity index (χ1n) is 7.83. The van der Waals surface area contributed by atoms with Crippen LogP contribution in [0.5, 0.6) is 0 Å². The van der Waals surface area contributed by atoms with Gasteiger partial charge in [-0.2, -0.15) is 13.2 Å². The molecule has 2 N–H and O–H groups in total. The summed E-state index contributed by atoms with van der Waals surface area (Å²) in [4.78, 5) is 12.3. The third kappa shape index (κ3) is 6.13. The lowest BCUT2D eigenvalue weighted by Gasteiger charge is -2.12. The van der Waals surface area contributed by atoms with Gasteiger partial charge >= 0.3 is 6.18 Å². The van der Waals surface area contributed by atoms with Gasteiger partial charge in [-0.3, -0.25) is 4.79 Å². The summed E-state index contributed by atoms with van der Waals surface area (Å²) in [6.45, 7) is -0.277. The molecule has 28 heavy (non-hydrogen) atoms. The van der Waals surface area contributed by atoms with Crippen molar-refractivity contribution in [3.8, 4) is 0 Å². The summed E-state index contributed by atoms with van der Waals surface area (Å²) in [5, 5.41) is 2.01. The second-order valence-electron chi connectivity index (χ2n) is 5.56. The van der Waals surface area contributed by atoms with Gasteiger partial charge in [-0.05, 0) is 48.7 Å². The lowest BCUT2D eigenvalue weighted by molar-refractivity contribution is -0.137. The number of alkyl halides is 3. The summed E-state index contributed by atoms with van der Waals surface area (Å²) in [5.74, 6) is -0.438. The predicted molar refractivity (Wildman–Crippen MR) is 103 cm³/mol. The molecule has 0 saturated heterocycles. The van der Waals surface area contributed by atoms with Crippen molar-refractivity contribution in [3.05, 3.63) is 53.1 Å². The Kier molecular flexibility index (Phi) is 7.38. The van der Waals surface area contributed by atoms with Crippen molar-refractivity contribution in [3.63, 3.8) is 0 Å². The van der Waals surface area contributed by atoms with Gasteiger partial charge < -0.3 is 5.32 Å². The van der Waals surface area contributed by atoms with Crippen LogP contribution in [0, 0.1) is 0 Å². The maximum Gasteiger partial charge on any atom is 0.417 e. The van der Waals surface area contributed by atoms with Crippen LogP contribution in [0.3, 0.4) is 0 Å². The van der Waals surface area contributed by atoms with Crippen molar-refractivity contribution < 1.29 is 26.4 Å². The topological polar surface area (TPSA) is 75.3 Å². The van der Waals surface area contributed by atoms with Gasteiger partial charge in [0, 0.05) is 23.5 Å². The van der Waals surface area contributed by atoms with E-state index >= 15 is 0 Å². The van der Waals surface area contributed by atoms with Gasteiger partial charge in [0.25, 0.3) is 0 Å². The van der Waals surface area contributed by atoms with Crippen molar-refractivity contribution in [2.24, 2.45) is 0 Å². The van der Waals surface area contributed by atoms with Crippen LogP contribution in [-0.4, -0.2) is 27.1 Å². The monoisotopic (exact) mass is 452 g/mol. The molecule has 0 spiro atoms. The third-order valence-electron chi connectivity index (χ3n) is 3.57. The predicted octanol–water partition coefficient (Wildman–Crippen LogP) is 4.39. The van der Waals surface area contributed by atoms with Gasteiger partial charge in [0.05, 0.1) is 15.5 Å². The van der Waals surface area contributed by atoms with Gasteiger partial charge in [0.1, 0.15) is 0 Å². The number of rotatable bonds is 7. The number of carbonyl (C=O) groups excluding carboxylic acids is 1. The van der Waals surface area contributed by atoms with Crippen LogP contribution in [-0.2, 0) is 21.0 Å². The van der Waals surface area contributed by atoms with E-state index in [1.165, 1.54) is 0 Å². The number of halogens is 4. The Morgan fingerprint density at radius 2 is 1.79 bits per heavy atom. The molecule has 0 bridgehead atoms. The van der Waals surface area contributed by atoms with E-state index < -0.39 is 37.6 Å². The van der Waals surface area contributed by atoms with Gasteiger partial charge in [-0.15, -0.1) is 11.8 Å². The quantitative estimate of drug-likeness (QED) is 0.611. The second kappa shape index (κ2) is 9.17. The molecule has 2 rings (SSSR count). The highest BCUT2D eigenvalue weighted by atomic mass is 35.5. The summed E-state index contributed by atoms with van der Waals surface area (Å²) >= 11 is 7.03. The van der Waals surface area contributed by atoms with E-state index in [1.807, 2.05) is 18.4 Å². The lowest BCUT2D eigenvalue weighted by atomic mass is 10.2. The first-order chi connectivity index (χ1) is 13.0. The molecule has 0 atom stereocenters. The van der Waals surface area contributed by atoms with Crippen LogP contribution in [0.2, 0.25) is 5.02 Å². The van der Waals surface area contributed by atoms with E-state index in [-0.39, 0.29) is 13.0 Å². The van der Waals surface area contributed by atoms with E-state index in [4.69, 9.17) is 11.6 Å². The zero-order valence-corrected chi connectivity index (χ0v) is 16.9. The van der Waals surface area contributed by atoms with Crippen LogP contribution in [0.4, 0.5) is 18.9 Å². The van der Waals surface area contributed by atoms with E-state index in [2.05, 4.69) is 10.0 Å². The van der Waals surface area contributed by atoms with Gasteiger partial charge in [0.2, 0.25) is 15.9 Å².